The average molecular weight is 266 g/mol. The third-order valence-electron chi connectivity index (χ3n) is 3.30. The van der Waals surface area contributed by atoms with Crippen molar-refractivity contribution in [3.8, 4) is 0 Å². The van der Waals surface area contributed by atoms with Gasteiger partial charge in [-0.15, -0.1) is 11.3 Å². The number of thiophene rings is 1. The van der Waals surface area contributed by atoms with Crippen LogP contribution < -0.4 is 10.6 Å². The molecule has 0 spiro atoms. The van der Waals surface area contributed by atoms with Gasteiger partial charge in [0.1, 0.15) is 0 Å². The third kappa shape index (κ3) is 5.51. The minimum absolute atomic E-state index is 0.864. The lowest BCUT2D eigenvalue weighted by Gasteiger charge is -2.01. The van der Waals surface area contributed by atoms with E-state index in [-0.39, 0.29) is 0 Å². The number of hydrogen-bond donors (Lipinski definition) is 2. The molecule has 0 saturated heterocycles. The van der Waals surface area contributed by atoms with Crippen LogP contribution in [0.1, 0.15) is 48.8 Å². The van der Waals surface area contributed by atoms with E-state index in [1.807, 2.05) is 11.3 Å². The van der Waals surface area contributed by atoms with Crippen molar-refractivity contribution in [3.63, 3.8) is 0 Å². The highest BCUT2D eigenvalue weighted by atomic mass is 32.1. The fourth-order valence-corrected chi connectivity index (χ4v) is 3.09. The summed E-state index contributed by atoms with van der Waals surface area (Å²) < 4.78 is 0. The summed E-state index contributed by atoms with van der Waals surface area (Å²) in [6, 6.07) is 5.45. The van der Waals surface area contributed by atoms with E-state index in [2.05, 4.69) is 29.7 Å². The standard InChI is InChI=1S/C15H26N2S/c1-2-10-16-12-15-9-8-14(18-15)5-3-4-11-17-13-6-7-13/h8-9,13,16-17H,2-7,10-12H2,1H3. The Labute approximate surface area is 115 Å². The highest BCUT2D eigenvalue weighted by molar-refractivity contribution is 7.11. The summed E-state index contributed by atoms with van der Waals surface area (Å²) in [5.41, 5.74) is 0. The van der Waals surface area contributed by atoms with Crippen LogP contribution >= 0.6 is 11.3 Å². The number of aryl methyl sites for hydroxylation is 1. The minimum atomic E-state index is 0.864. The van der Waals surface area contributed by atoms with Gasteiger partial charge in [0.25, 0.3) is 0 Å². The molecule has 1 aliphatic rings. The molecule has 1 saturated carbocycles. The Morgan fingerprint density at radius 2 is 2.00 bits per heavy atom. The van der Waals surface area contributed by atoms with Gasteiger partial charge in [0.05, 0.1) is 0 Å². The molecule has 0 aromatic carbocycles. The van der Waals surface area contributed by atoms with E-state index in [1.54, 1.807) is 4.88 Å². The fraction of sp³-hybridized carbons (Fsp3) is 0.733. The fourth-order valence-electron chi connectivity index (χ4n) is 2.06. The Hall–Kier alpha value is -0.380. The second kappa shape index (κ2) is 7.93. The second-order valence-electron chi connectivity index (χ2n) is 5.23. The van der Waals surface area contributed by atoms with E-state index in [0.717, 1.165) is 19.1 Å². The van der Waals surface area contributed by atoms with Crippen LogP contribution in [0.2, 0.25) is 0 Å². The van der Waals surface area contributed by atoms with E-state index < -0.39 is 0 Å². The van der Waals surface area contributed by atoms with Crippen molar-refractivity contribution in [1.29, 1.82) is 0 Å². The molecule has 0 atom stereocenters. The van der Waals surface area contributed by atoms with Crippen molar-refractivity contribution in [2.24, 2.45) is 0 Å². The molecule has 0 bridgehead atoms. The van der Waals surface area contributed by atoms with Crippen LogP contribution in [0.25, 0.3) is 0 Å². The molecule has 1 aliphatic carbocycles. The Bertz CT molecular complexity index is 331. The quantitative estimate of drug-likeness (QED) is 0.635. The van der Waals surface area contributed by atoms with E-state index in [0.29, 0.717) is 0 Å². The van der Waals surface area contributed by atoms with E-state index in [9.17, 15) is 0 Å². The third-order valence-corrected chi connectivity index (χ3v) is 4.45. The zero-order valence-electron chi connectivity index (χ0n) is 11.5. The summed E-state index contributed by atoms with van der Waals surface area (Å²) in [7, 11) is 0. The van der Waals surface area contributed by atoms with Crippen LogP contribution in [-0.4, -0.2) is 19.1 Å². The molecule has 0 aliphatic heterocycles. The van der Waals surface area contributed by atoms with E-state index in [1.165, 1.54) is 49.9 Å². The summed E-state index contributed by atoms with van der Waals surface area (Å²) >= 11 is 1.98. The van der Waals surface area contributed by atoms with Crippen LogP contribution in [0.3, 0.4) is 0 Å². The summed E-state index contributed by atoms with van der Waals surface area (Å²) in [4.78, 5) is 3.03. The number of unbranched alkanes of at least 4 members (excludes halogenated alkanes) is 1. The molecule has 1 aromatic rings. The predicted molar refractivity (Wildman–Crippen MR) is 80.3 cm³/mol. The van der Waals surface area contributed by atoms with Gasteiger partial charge in [-0.1, -0.05) is 6.92 Å². The molecule has 102 valence electrons. The SMILES string of the molecule is CCCNCc1ccc(CCCCNC2CC2)s1. The lowest BCUT2D eigenvalue weighted by molar-refractivity contribution is 0.621. The van der Waals surface area contributed by atoms with Gasteiger partial charge in [0.15, 0.2) is 0 Å². The van der Waals surface area contributed by atoms with Gasteiger partial charge in [-0.2, -0.15) is 0 Å². The Morgan fingerprint density at radius 3 is 2.78 bits per heavy atom. The van der Waals surface area contributed by atoms with Crippen LogP contribution in [0.4, 0.5) is 0 Å². The van der Waals surface area contributed by atoms with Gasteiger partial charge in [-0.3, -0.25) is 0 Å². The lowest BCUT2D eigenvalue weighted by atomic mass is 10.2. The van der Waals surface area contributed by atoms with Crippen LogP contribution in [0, 0.1) is 0 Å². The van der Waals surface area contributed by atoms with E-state index in [4.69, 9.17) is 0 Å². The first-order chi connectivity index (χ1) is 8.88. The molecule has 0 unspecified atom stereocenters. The maximum Gasteiger partial charge on any atom is 0.0299 e. The van der Waals surface area contributed by atoms with Gasteiger partial charge >= 0.3 is 0 Å². The minimum Gasteiger partial charge on any atom is -0.314 e. The van der Waals surface area contributed by atoms with Crippen molar-refractivity contribution in [2.45, 2.75) is 58.0 Å². The molecule has 0 radical (unpaired) electrons. The monoisotopic (exact) mass is 266 g/mol. The van der Waals surface area contributed by atoms with Crippen molar-refractivity contribution in [1.82, 2.24) is 10.6 Å². The Morgan fingerprint density at radius 1 is 1.17 bits per heavy atom. The molecule has 3 heteroatoms. The summed E-state index contributed by atoms with van der Waals surface area (Å²) in [6.07, 6.45) is 7.91. The highest BCUT2D eigenvalue weighted by Crippen LogP contribution is 2.20. The highest BCUT2D eigenvalue weighted by Gasteiger charge is 2.19. The smallest absolute Gasteiger partial charge is 0.0299 e. The van der Waals surface area contributed by atoms with Gasteiger partial charge in [0.2, 0.25) is 0 Å². The predicted octanol–water partition coefficient (Wildman–Crippen LogP) is 3.32. The van der Waals surface area contributed by atoms with Gasteiger partial charge < -0.3 is 10.6 Å². The molecule has 1 fully saturated rings. The summed E-state index contributed by atoms with van der Waals surface area (Å²) in [5, 5.41) is 7.04. The topological polar surface area (TPSA) is 24.1 Å². The molecule has 1 heterocycles. The Balaban J connectivity index is 1.54. The van der Waals surface area contributed by atoms with Gasteiger partial charge in [-0.25, -0.2) is 0 Å². The molecular weight excluding hydrogens is 240 g/mol. The lowest BCUT2D eigenvalue weighted by Crippen LogP contribution is -2.17. The maximum absolute atomic E-state index is 3.58. The van der Waals surface area contributed by atoms with Gasteiger partial charge in [0, 0.05) is 22.3 Å². The first-order valence-electron chi connectivity index (χ1n) is 7.40. The van der Waals surface area contributed by atoms with Crippen molar-refractivity contribution >= 4 is 11.3 Å². The second-order valence-corrected chi connectivity index (χ2v) is 6.48. The van der Waals surface area contributed by atoms with Gasteiger partial charge in [-0.05, 0) is 63.7 Å². The summed E-state index contributed by atoms with van der Waals surface area (Å²) in [5.74, 6) is 0. The van der Waals surface area contributed by atoms with Crippen LogP contribution in [-0.2, 0) is 13.0 Å². The van der Waals surface area contributed by atoms with Crippen molar-refractivity contribution in [2.75, 3.05) is 13.1 Å². The molecule has 18 heavy (non-hydrogen) atoms. The van der Waals surface area contributed by atoms with E-state index >= 15 is 0 Å². The molecule has 2 rings (SSSR count). The first kappa shape index (κ1) is 14.0. The largest absolute Gasteiger partial charge is 0.314 e. The number of nitrogens with one attached hydrogen (secondary N) is 2. The Kier molecular flexibility index (Phi) is 6.18. The zero-order chi connectivity index (χ0) is 12.6. The average Bonchev–Trinajstić information content (AvgIpc) is 3.09. The van der Waals surface area contributed by atoms with Crippen molar-refractivity contribution in [3.05, 3.63) is 21.9 Å². The normalized spacial score (nSPS) is 15.2. The molecule has 1 aromatic heterocycles. The summed E-state index contributed by atoms with van der Waals surface area (Å²) in [6.45, 7) is 5.59. The number of rotatable bonds is 10. The maximum atomic E-state index is 3.58. The molecule has 0 amide bonds. The molecular formula is C15H26N2S. The van der Waals surface area contributed by atoms with Crippen molar-refractivity contribution < 1.29 is 0 Å². The number of hydrogen-bond acceptors (Lipinski definition) is 3. The zero-order valence-corrected chi connectivity index (χ0v) is 12.3. The van der Waals surface area contributed by atoms with Crippen LogP contribution in [0.5, 0.6) is 0 Å². The molecule has 2 nitrogen and oxygen atoms in total. The van der Waals surface area contributed by atoms with Crippen LogP contribution in [0.15, 0.2) is 12.1 Å². The first-order valence-corrected chi connectivity index (χ1v) is 8.22. The molecule has 2 N–H and O–H groups in total.